The Hall–Kier alpha value is -1.07. The molecule has 0 aromatic heterocycles. The second-order valence-electron chi connectivity index (χ2n) is 4.80. The van der Waals surface area contributed by atoms with Crippen molar-refractivity contribution in [3.63, 3.8) is 0 Å². The van der Waals surface area contributed by atoms with E-state index in [-0.39, 0.29) is 0 Å². The van der Waals surface area contributed by atoms with E-state index in [4.69, 9.17) is 4.74 Å². The van der Waals surface area contributed by atoms with Crippen LogP contribution in [-0.4, -0.2) is 37.9 Å². The molecule has 0 aliphatic carbocycles. The largest absolute Gasteiger partial charge is 0.478 e. The maximum atomic E-state index is 11.4. The summed E-state index contributed by atoms with van der Waals surface area (Å²) >= 11 is 3.31. The molecule has 1 aromatic carbocycles. The summed E-state index contributed by atoms with van der Waals surface area (Å²) in [5, 5.41) is 9.32. The van der Waals surface area contributed by atoms with Crippen molar-refractivity contribution in [2.45, 2.75) is 13.8 Å². The molecule has 0 heterocycles. The van der Waals surface area contributed by atoms with E-state index in [0.717, 1.165) is 16.7 Å². The number of aromatic carboxylic acids is 1. The fraction of sp³-hybridized carbons (Fsp3) is 0.500. The molecule has 4 nitrogen and oxygen atoms in total. The van der Waals surface area contributed by atoms with Crippen LogP contribution in [0.4, 0.5) is 5.69 Å². The first-order chi connectivity index (χ1) is 8.95. The molecule has 1 rings (SSSR count). The van der Waals surface area contributed by atoms with Gasteiger partial charge in [-0.25, -0.2) is 4.79 Å². The van der Waals surface area contributed by atoms with Gasteiger partial charge in [0, 0.05) is 24.7 Å². The lowest BCUT2D eigenvalue weighted by Crippen LogP contribution is -2.32. The Morgan fingerprint density at radius 3 is 2.68 bits per heavy atom. The number of carboxylic acids is 1. The Balaban J connectivity index is 3.09. The van der Waals surface area contributed by atoms with E-state index in [2.05, 4.69) is 34.7 Å². The van der Waals surface area contributed by atoms with Gasteiger partial charge in [-0.2, -0.15) is 0 Å². The molecule has 0 amide bonds. The van der Waals surface area contributed by atoms with Gasteiger partial charge in [0.2, 0.25) is 0 Å². The van der Waals surface area contributed by atoms with Crippen molar-refractivity contribution in [2.75, 3.05) is 31.7 Å². The van der Waals surface area contributed by atoms with E-state index >= 15 is 0 Å². The second-order valence-corrected chi connectivity index (χ2v) is 5.71. The first kappa shape index (κ1) is 16.0. The number of carbonyl (C=O) groups is 1. The third-order valence-corrected chi connectivity index (χ3v) is 3.17. The number of hydrogen-bond donors (Lipinski definition) is 1. The summed E-state index contributed by atoms with van der Waals surface area (Å²) in [5.74, 6) is -0.468. The van der Waals surface area contributed by atoms with Gasteiger partial charge in [-0.1, -0.05) is 29.8 Å². The predicted octanol–water partition coefficient (Wildman–Crippen LogP) is 3.26. The van der Waals surface area contributed by atoms with Crippen LogP contribution in [0.15, 0.2) is 22.7 Å². The molecule has 0 saturated heterocycles. The van der Waals surface area contributed by atoms with Gasteiger partial charge in [-0.3, -0.25) is 0 Å². The normalized spacial score (nSPS) is 10.8. The number of carboxylic acid groups (broad SMARTS) is 1. The number of halogens is 1. The maximum absolute atomic E-state index is 11.4. The molecular weight excluding hydrogens is 310 g/mol. The fourth-order valence-electron chi connectivity index (χ4n) is 1.91. The van der Waals surface area contributed by atoms with E-state index < -0.39 is 5.97 Å². The number of rotatable bonds is 7. The summed E-state index contributed by atoms with van der Waals surface area (Å²) < 4.78 is 5.87. The second kappa shape index (κ2) is 7.50. The minimum Gasteiger partial charge on any atom is -0.478 e. The molecule has 0 fully saturated rings. The van der Waals surface area contributed by atoms with Crippen molar-refractivity contribution in [3.8, 4) is 0 Å². The Morgan fingerprint density at radius 2 is 2.16 bits per heavy atom. The van der Waals surface area contributed by atoms with E-state index in [0.29, 0.717) is 24.6 Å². The van der Waals surface area contributed by atoms with Crippen molar-refractivity contribution >= 4 is 27.6 Å². The number of anilines is 1. The summed E-state index contributed by atoms with van der Waals surface area (Å²) in [5.41, 5.74) is 1.05. The average molecular weight is 330 g/mol. The van der Waals surface area contributed by atoms with Gasteiger partial charge in [0.1, 0.15) is 0 Å². The fourth-order valence-corrected chi connectivity index (χ4v) is 2.27. The molecular formula is C14H20BrNO3. The summed E-state index contributed by atoms with van der Waals surface area (Å²) in [6.07, 6.45) is 0. The number of ether oxygens (including phenoxy) is 1. The molecule has 19 heavy (non-hydrogen) atoms. The molecule has 0 radical (unpaired) electrons. The monoisotopic (exact) mass is 329 g/mol. The zero-order chi connectivity index (χ0) is 14.4. The zero-order valence-electron chi connectivity index (χ0n) is 11.5. The minimum atomic E-state index is -0.914. The SMILES string of the molecule is COCCN(CC(C)C)c1ccc(Br)cc1C(=O)O. The quantitative estimate of drug-likeness (QED) is 0.834. The summed E-state index contributed by atoms with van der Waals surface area (Å²) in [4.78, 5) is 13.4. The number of hydrogen-bond acceptors (Lipinski definition) is 3. The summed E-state index contributed by atoms with van der Waals surface area (Å²) in [7, 11) is 1.65. The van der Waals surface area contributed by atoms with Crippen LogP contribution in [0.2, 0.25) is 0 Å². The van der Waals surface area contributed by atoms with Crippen LogP contribution in [0.25, 0.3) is 0 Å². The highest BCUT2D eigenvalue weighted by atomic mass is 79.9. The molecule has 1 aromatic rings. The minimum absolute atomic E-state index is 0.311. The molecule has 0 aliphatic rings. The van der Waals surface area contributed by atoms with Gasteiger partial charge in [0.15, 0.2) is 0 Å². The molecule has 1 N–H and O–H groups in total. The highest BCUT2D eigenvalue weighted by Crippen LogP contribution is 2.25. The van der Waals surface area contributed by atoms with Gasteiger partial charge in [0.05, 0.1) is 17.9 Å². The van der Waals surface area contributed by atoms with E-state index in [1.54, 1.807) is 13.2 Å². The third kappa shape index (κ3) is 4.84. The number of benzene rings is 1. The Kier molecular flexibility index (Phi) is 6.31. The number of nitrogens with zero attached hydrogens (tertiary/aromatic N) is 1. The highest BCUT2D eigenvalue weighted by Gasteiger charge is 2.17. The van der Waals surface area contributed by atoms with E-state index in [1.165, 1.54) is 0 Å². The van der Waals surface area contributed by atoms with Gasteiger partial charge < -0.3 is 14.7 Å². The van der Waals surface area contributed by atoms with Crippen molar-refractivity contribution in [1.82, 2.24) is 0 Å². The van der Waals surface area contributed by atoms with Gasteiger partial charge in [-0.15, -0.1) is 0 Å². The summed E-state index contributed by atoms with van der Waals surface area (Å²) in [6, 6.07) is 5.34. The standard InChI is InChI=1S/C14H20BrNO3/c1-10(2)9-16(6-7-19-3)13-5-4-11(15)8-12(13)14(17)18/h4-5,8,10H,6-7,9H2,1-3H3,(H,17,18). The molecule has 106 valence electrons. The van der Waals surface area contributed by atoms with Gasteiger partial charge in [0.25, 0.3) is 0 Å². The topological polar surface area (TPSA) is 49.8 Å². The molecule has 0 spiro atoms. The Morgan fingerprint density at radius 1 is 1.47 bits per heavy atom. The molecule has 0 bridgehead atoms. The van der Waals surface area contributed by atoms with Crippen LogP contribution < -0.4 is 4.90 Å². The first-order valence-electron chi connectivity index (χ1n) is 6.22. The van der Waals surface area contributed by atoms with Crippen molar-refractivity contribution in [2.24, 2.45) is 5.92 Å². The van der Waals surface area contributed by atoms with Crippen LogP contribution in [0.5, 0.6) is 0 Å². The average Bonchev–Trinajstić information content (AvgIpc) is 2.34. The van der Waals surface area contributed by atoms with Gasteiger partial charge >= 0.3 is 5.97 Å². The van der Waals surface area contributed by atoms with Crippen LogP contribution >= 0.6 is 15.9 Å². The van der Waals surface area contributed by atoms with E-state index in [9.17, 15) is 9.90 Å². The highest BCUT2D eigenvalue weighted by molar-refractivity contribution is 9.10. The van der Waals surface area contributed by atoms with E-state index in [1.807, 2.05) is 12.1 Å². The van der Waals surface area contributed by atoms with Crippen molar-refractivity contribution in [1.29, 1.82) is 0 Å². The smallest absolute Gasteiger partial charge is 0.337 e. The molecule has 0 aliphatic heterocycles. The molecule has 5 heteroatoms. The molecule has 0 unspecified atom stereocenters. The van der Waals surface area contributed by atoms with Crippen molar-refractivity contribution < 1.29 is 14.6 Å². The third-order valence-electron chi connectivity index (χ3n) is 2.68. The molecule has 0 saturated carbocycles. The lowest BCUT2D eigenvalue weighted by Gasteiger charge is -2.27. The first-order valence-corrected chi connectivity index (χ1v) is 7.01. The molecule has 0 atom stereocenters. The van der Waals surface area contributed by atoms with Crippen LogP contribution in [0, 0.1) is 5.92 Å². The van der Waals surface area contributed by atoms with Crippen LogP contribution in [-0.2, 0) is 4.74 Å². The number of methoxy groups -OCH3 is 1. The van der Waals surface area contributed by atoms with Gasteiger partial charge in [-0.05, 0) is 24.1 Å². The van der Waals surface area contributed by atoms with Crippen molar-refractivity contribution in [3.05, 3.63) is 28.2 Å². The predicted molar refractivity (Wildman–Crippen MR) is 80.0 cm³/mol. The zero-order valence-corrected chi connectivity index (χ0v) is 13.1. The Labute approximate surface area is 122 Å². The van der Waals surface area contributed by atoms with Crippen LogP contribution in [0.1, 0.15) is 24.2 Å². The van der Waals surface area contributed by atoms with Crippen LogP contribution in [0.3, 0.4) is 0 Å². The lowest BCUT2D eigenvalue weighted by molar-refractivity contribution is 0.0697. The maximum Gasteiger partial charge on any atom is 0.337 e. The summed E-state index contributed by atoms with van der Waals surface area (Å²) in [6.45, 7) is 6.27. The Bertz CT molecular complexity index is 435. The lowest BCUT2D eigenvalue weighted by atomic mass is 10.1.